The molecule has 32 heavy (non-hydrogen) atoms. The summed E-state index contributed by atoms with van der Waals surface area (Å²) in [5, 5.41) is 0. The second kappa shape index (κ2) is 10.00. The smallest absolute Gasteiger partial charge is 0.243 e. The summed E-state index contributed by atoms with van der Waals surface area (Å²) in [5.41, 5.74) is 0.795. The Morgan fingerprint density at radius 2 is 1.69 bits per heavy atom. The number of anilines is 1. The third kappa shape index (κ3) is 4.91. The van der Waals surface area contributed by atoms with Crippen LogP contribution in [0.4, 0.5) is 5.69 Å². The molecule has 7 nitrogen and oxygen atoms in total. The van der Waals surface area contributed by atoms with Gasteiger partial charge in [-0.2, -0.15) is 4.31 Å². The lowest BCUT2D eigenvalue weighted by Gasteiger charge is -2.38. The van der Waals surface area contributed by atoms with Gasteiger partial charge in [-0.3, -0.25) is 4.79 Å². The van der Waals surface area contributed by atoms with Crippen molar-refractivity contribution in [3.05, 3.63) is 18.2 Å². The van der Waals surface area contributed by atoms with Crippen LogP contribution in [0.5, 0.6) is 5.75 Å². The molecular weight excluding hydrogens is 426 g/mol. The molecule has 1 saturated carbocycles. The van der Waals surface area contributed by atoms with Crippen LogP contribution in [0, 0.1) is 11.8 Å². The Kier molecular flexibility index (Phi) is 7.30. The number of benzene rings is 1. The van der Waals surface area contributed by atoms with E-state index < -0.39 is 10.0 Å². The molecule has 0 N–H and O–H groups in total. The normalized spacial score (nSPS) is 23.9. The van der Waals surface area contributed by atoms with Crippen LogP contribution in [0.3, 0.4) is 0 Å². The Labute approximate surface area is 192 Å². The summed E-state index contributed by atoms with van der Waals surface area (Å²) in [6.45, 7) is 5.95. The number of carbonyl (C=O) groups excluding carboxylic acids is 1. The topological polar surface area (TPSA) is 70.2 Å². The minimum atomic E-state index is -3.53. The second-order valence-corrected chi connectivity index (χ2v) is 11.5. The van der Waals surface area contributed by atoms with Crippen LogP contribution < -0.4 is 9.64 Å². The van der Waals surface area contributed by atoms with E-state index in [2.05, 4.69) is 11.8 Å². The zero-order chi connectivity index (χ0) is 22.7. The summed E-state index contributed by atoms with van der Waals surface area (Å²) in [5.74, 6) is 1.53. The van der Waals surface area contributed by atoms with Gasteiger partial charge in [0.05, 0.1) is 17.7 Å². The Bertz CT molecular complexity index is 906. The number of sulfonamides is 1. The van der Waals surface area contributed by atoms with E-state index in [1.165, 1.54) is 6.42 Å². The van der Waals surface area contributed by atoms with Crippen molar-refractivity contribution >= 4 is 21.6 Å². The van der Waals surface area contributed by atoms with Gasteiger partial charge >= 0.3 is 0 Å². The maximum atomic E-state index is 13.3. The van der Waals surface area contributed by atoms with Gasteiger partial charge in [0.2, 0.25) is 15.9 Å². The molecule has 1 amide bonds. The van der Waals surface area contributed by atoms with Crippen molar-refractivity contribution in [2.75, 3.05) is 51.3 Å². The first-order valence-electron chi connectivity index (χ1n) is 12.1. The van der Waals surface area contributed by atoms with Gasteiger partial charge in [-0.1, -0.05) is 26.2 Å². The summed E-state index contributed by atoms with van der Waals surface area (Å²) < 4.78 is 33.8. The minimum Gasteiger partial charge on any atom is -0.495 e. The number of hydrogen-bond donors (Lipinski definition) is 0. The number of hydrogen-bond acceptors (Lipinski definition) is 5. The number of nitrogens with zero attached hydrogens (tertiary/aromatic N) is 3. The third-order valence-electron chi connectivity index (χ3n) is 7.29. The molecule has 0 bridgehead atoms. The number of carbonyl (C=O) groups is 1. The van der Waals surface area contributed by atoms with E-state index in [4.69, 9.17) is 4.74 Å². The predicted molar refractivity (Wildman–Crippen MR) is 126 cm³/mol. The van der Waals surface area contributed by atoms with E-state index in [9.17, 15) is 13.2 Å². The van der Waals surface area contributed by atoms with Crippen LogP contribution >= 0.6 is 0 Å². The summed E-state index contributed by atoms with van der Waals surface area (Å²) in [6.07, 6.45) is 7.57. The van der Waals surface area contributed by atoms with Crippen molar-refractivity contribution in [3.8, 4) is 5.75 Å². The van der Waals surface area contributed by atoms with Gasteiger partial charge in [-0.05, 0) is 49.8 Å². The second-order valence-electron chi connectivity index (χ2n) is 9.59. The highest BCUT2D eigenvalue weighted by molar-refractivity contribution is 7.89. The number of ether oxygens (including phenoxy) is 1. The summed E-state index contributed by atoms with van der Waals surface area (Å²) in [6, 6.07) is 5.17. The van der Waals surface area contributed by atoms with E-state index in [1.54, 1.807) is 29.6 Å². The average molecular weight is 464 g/mol. The van der Waals surface area contributed by atoms with E-state index in [0.29, 0.717) is 61.7 Å². The fraction of sp³-hybridized carbons (Fsp3) is 0.708. The summed E-state index contributed by atoms with van der Waals surface area (Å²) in [4.78, 5) is 17.4. The van der Waals surface area contributed by atoms with Crippen LogP contribution in [-0.2, 0) is 14.8 Å². The van der Waals surface area contributed by atoms with Crippen molar-refractivity contribution in [2.24, 2.45) is 11.8 Å². The SMILES string of the molecule is COc1ccc(S(=O)(=O)N2CCC[C@@H](C)C2)cc1N1CCN(C(=O)C2CCCCC2)CC1. The van der Waals surface area contributed by atoms with Gasteiger partial charge in [0, 0.05) is 45.2 Å². The highest BCUT2D eigenvalue weighted by Crippen LogP contribution is 2.34. The van der Waals surface area contributed by atoms with Crippen LogP contribution in [0.25, 0.3) is 0 Å². The molecule has 2 aliphatic heterocycles. The molecule has 0 spiro atoms. The molecule has 4 rings (SSSR count). The maximum absolute atomic E-state index is 13.3. The first-order chi connectivity index (χ1) is 15.4. The molecule has 1 aliphatic carbocycles. The zero-order valence-corrected chi connectivity index (χ0v) is 20.3. The summed E-state index contributed by atoms with van der Waals surface area (Å²) in [7, 11) is -1.92. The molecule has 1 aromatic rings. The Morgan fingerprint density at radius 3 is 2.34 bits per heavy atom. The molecule has 178 valence electrons. The monoisotopic (exact) mass is 463 g/mol. The van der Waals surface area contributed by atoms with Gasteiger partial charge < -0.3 is 14.5 Å². The molecular formula is C24H37N3O4S. The van der Waals surface area contributed by atoms with Crippen molar-refractivity contribution in [3.63, 3.8) is 0 Å². The molecule has 1 atom stereocenters. The average Bonchev–Trinajstić information content (AvgIpc) is 2.84. The lowest BCUT2D eigenvalue weighted by molar-refractivity contribution is -0.136. The number of rotatable bonds is 5. The molecule has 0 unspecified atom stereocenters. The van der Waals surface area contributed by atoms with E-state index in [-0.39, 0.29) is 5.92 Å². The number of methoxy groups -OCH3 is 1. The summed E-state index contributed by atoms with van der Waals surface area (Å²) >= 11 is 0. The van der Waals surface area contributed by atoms with Gasteiger partial charge in [0.15, 0.2) is 0 Å². The molecule has 8 heteroatoms. The molecule has 2 heterocycles. The van der Waals surface area contributed by atoms with Crippen molar-refractivity contribution in [1.29, 1.82) is 0 Å². The lowest BCUT2D eigenvalue weighted by Crippen LogP contribution is -2.50. The van der Waals surface area contributed by atoms with Crippen molar-refractivity contribution < 1.29 is 17.9 Å². The maximum Gasteiger partial charge on any atom is 0.243 e. The Balaban J connectivity index is 1.48. The molecule has 2 saturated heterocycles. The molecule has 0 aromatic heterocycles. The largest absolute Gasteiger partial charge is 0.495 e. The Morgan fingerprint density at radius 1 is 0.969 bits per heavy atom. The fourth-order valence-corrected chi connectivity index (χ4v) is 6.99. The third-order valence-corrected chi connectivity index (χ3v) is 9.16. The van der Waals surface area contributed by atoms with E-state index >= 15 is 0 Å². The highest BCUT2D eigenvalue weighted by Gasteiger charge is 2.32. The van der Waals surface area contributed by atoms with Crippen LogP contribution in [0.2, 0.25) is 0 Å². The molecule has 3 fully saturated rings. The van der Waals surface area contributed by atoms with Gasteiger partial charge in [-0.25, -0.2) is 8.42 Å². The van der Waals surface area contributed by atoms with Crippen LogP contribution in [-0.4, -0.2) is 69.9 Å². The molecule has 3 aliphatic rings. The molecule has 0 radical (unpaired) electrons. The van der Waals surface area contributed by atoms with E-state index in [0.717, 1.165) is 44.2 Å². The Hall–Kier alpha value is -1.80. The number of piperazine rings is 1. The quantitative estimate of drug-likeness (QED) is 0.670. The fourth-order valence-electron chi connectivity index (χ4n) is 5.37. The first-order valence-corrected chi connectivity index (χ1v) is 13.6. The minimum absolute atomic E-state index is 0.185. The number of piperidine rings is 1. The predicted octanol–water partition coefficient (Wildman–Crippen LogP) is 3.34. The van der Waals surface area contributed by atoms with E-state index in [1.807, 2.05) is 4.90 Å². The van der Waals surface area contributed by atoms with Gasteiger partial charge in [0.1, 0.15) is 5.75 Å². The lowest BCUT2D eigenvalue weighted by atomic mass is 9.88. The van der Waals surface area contributed by atoms with Crippen LogP contribution in [0.15, 0.2) is 23.1 Å². The standard InChI is InChI=1S/C24H37N3O4S/c1-19-7-6-12-27(18-19)32(29,30)21-10-11-23(31-2)22(17-21)25-13-15-26(16-14-25)24(28)20-8-4-3-5-9-20/h10-11,17,19-20H,3-9,12-16,18H2,1-2H3/t19-/m1/s1. The van der Waals surface area contributed by atoms with Crippen molar-refractivity contribution in [1.82, 2.24) is 9.21 Å². The van der Waals surface area contributed by atoms with Gasteiger partial charge in [0.25, 0.3) is 0 Å². The first kappa shape index (κ1) is 23.4. The van der Waals surface area contributed by atoms with Crippen molar-refractivity contribution in [2.45, 2.75) is 56.8 Å². The number of amides is 1. The van der Waals surface area contributed by atoms with Crippen LogP contribution in [0.1, 0.15) is 51.9 Å². The van der Waals surface area contributed by atoms with Gasteiger partial charge in [-0.15, -0.1) is 0 Å². The molecule has 1 aromatic carbocycles. The zero-order valence-electron chi connectivity index (χ0n) is 19.5. The highest BCUT2D eigenvalue weighted by atomic mass is 32.2.